The minimum atomic E-state index is -5.89. The highest BCUT2D eigenvalue weighted by Crippen LogP contribution is 2.71. The summed E-state index contributed by atoms with van der Waals surface area (Å²) in [6.07, 6.45) is -4.58. The van der Waals surface area contributed by atoms with E-state index in [0.29, 0.717) is 45.5 Å². The van der Waals surface area contributed by atoms with E-state index < -0.39 is 61.1 Å². The zero-order chi connectivity index (χ0) is 36.3. The van der Waals surface area contributed by atoms with E-state index in [1.165, 1.54) is 6.92 Å². The maximum Gasteiger partial charge on any atom is 0.456 e. The van der Waals surface area contributed by atoms with Crippen molar-refractivity contribution in [3.05, 3.63) is 46.5 Å². The maximum atomic E-state index is 15.4. The fourth-order valence-electron chi connectivity index (χ4n) is 9.63. The third-order valence-corrected chi connectivity index (χ3v) is 18.2. The van der Waals surface area contributed by atoms with Gasteiger partial charge in [0.05, 0.1) is 25.4 Å². The maximum absolute atomic E-state index is 15.4. The number of hydrogen-bond donors (Lipinski definition) is 2. The third kappa shape index (κ3) is 5.88. The lowest BCUT2D eigenvalue weighted by atomic mass is 9.49. The number of halogens is 5. The first-order chi connectivity index (χ1) is 22.3. The van der Waals surface area contributed by atoms with Crippen molar-refractivity contribution in [1.29, 1.82) is 0 Å². The van der Waals surface area contributed by atoms with E-state index in [9.17, 15) is 23.4 Å². The van der Waals surface area contributed by atoms with Crippen LogP contribution < -0.4 is 0 Å². The van der Waals surface area contributed by atoms with Crippen LogP contribution in [0.4, 0.5) is 22.0 Å². The predicted molar refractivity (Wildman–Crippen MR) is 180 cm³/mol. The van der Waals surface area contributed by atoms with Gasteiger partial charge in [-0.05, 0) is 85.2 Å². The van der Waals surface area contributed by atoms with Crippen LogP contribution in [-0.2, 0) is 20.5 Å². The third-order valence-electron chi connectivity index (χ3n) is 13.7. The number of benzene rings is 1. The van der Waals surface area contributed by atoms with Crippen LogP contribution in [0.1, 0.15) is 110 Å². The van der Waals surface area contributed by atoms with Crippen LogP contribution in [0.15, 0.2) is 35.4 Å². The van der Waals surface area contributed by atoms with E-state index >= 15 is 8.78 Å². The molecule has 0 radical (unpaired) electrons. The van der Waals surface area contributed by atoms with Crippen molar-refractivity contribution < 1.29 is 46.1 Å². The molecular weight excluding hydrogens is 659 g/mol. The number of alkyl halides is 5. The van der Waals surface area contributed by atoms with Crippen LogP contribution in [0.2, 0.25) is 18.1 Å². The van der Waals surface area contributed by atoms with Crippen molar-refractivity contribution in [2.75, 3.05) is 13.2 Å². The van der Waals surface area contributed by atoms with Crippen LogP contribution in [0.5, 0.6) is 0 Å². The topological polar surface area (TPSA) is 68.2 Å². The molecule has 1 heterocycles. The first-order valence-electron chi connectivity index (χ1n) is 17.9. The van der Waals surface area contributed by atoms with Crippen LogP contribution in [-0.4, -0.2) is 60.8 Å². The summed E-state index contributed by atoms with van der Waals surface area (Å²) in [5.74, 6) is -7.70. The Morgan fingerprint density at radius 1 is 0.898 bits per heavy atom. The zero-order valence-corrected chi connectivity index (χ0v) is 31.3. The van der Waals surface area contributed by atoms with Gasteiger partial charge in [0.2, 0.25) is 0 Å². The number of fused-ring (bicyclic) bond motifs is 4. The number of hydrogen-bond acceptors (Lipinski definition) is 5. The van der Waals surface area contributed by atoms with E-state index in [4.69, 9.17) is 13.9 Å². The van der Waals surface area contributed by atoms with E-state index in [-0.39, 0.29) is 35.6 Å². The van der Waals surface area contributed by atoms with Crippen molar-refractivity contribution in [3.8, 4) is 0 Å². The first-order valence-corrected chi connectivity index (χ1v) is 20.8. The first kappa shape index (κ1) is 37.4. The summed E-state index contributed by atoms with van der Waals surface area (Å²) in [5, 5.41) is 24.1. The molecular formula is C38H55F5O5Si. The Morgan fingerprint density at radius 2 is 1.51 bits per heavy atom. The van der Waals surface area contributed by atoms with E-state index in [1.807, 2.05) is 24.3 Å². The van der Waals surface area contributed by atoms with Gasteiger partial charge in [0.25, 0.3) is 0 Å². The molecule has 0 bridgehead atoms. The lowest BCUT2D eigenvalue weighted by Crippen LogP contribution is -2.65. The molecule has 6 atom stereocenters. The molecule has 5 aliphatic rings. The molecule has 5 nitrogen and oxygen atoms in total. The summed E-state index contributed by atoms with van der Waals surface area (Å²) >= 11 is 0. The molecule has 0 unspecified atom stereocenters. The fourth-order valence-corrected chi connectivity index (χ4v) is 10.6. The second kappa shape index (κ2) is 11.6. The van der Waals surface area contributed by atoms with E-state index in [2.05, 4.69) is 47.7 Å². The molecule has 1 aromatic carbocycles. The highest BCUT2D eigenvalue weighted by Gasteiger charge is 2.79. The normalized spacial score (nSPS) is 36.3. The summed E-state index contributed by atoms with van der Waals surface area (Å²) in [5.41, 5.74) is -2.85. The van der Waals surface area contributed by atoms with Crippen LogP contribution in [0, 0.1) is 22.7 Å². The molecule has 6 rings (SSSR count). The van der Waals surface area contributed by atoms with Crippen molar-refractivity contribution in [2.24, 2.45) is 22.7 Å². The lowest BCUT2D eigenvalue weighted by molar-refractivity contribution is -0.362. The fraction of sp³-hybridized carbons (Fsp3) is 0.789. The summed E-state index contributed by atoms with van der Waals surface area (Å²) in [7, 11) is -2.03. The van der Waals surface area contributed by atoms with Gasteiger partial charge in [-0.3, -0.25) is 0 Å². The predicted octanol–water partition coefficient (Wildman–Crippen LogP) is 9.43. The molecule has 3 saturated carbocycles. The van der Waals surface area contributed by atoms with Gasteiger partial charge < -0.3 is 24.1 Å². The number of ether oxygens (including phenoxy) is 2. The Labute approximate surface area is 289 Å². The van der Waals surface area contributed by atoms with Crippen LogP contribution in [0.3, 0.4) is 0 Å². The molecule has 49 heavy (non-hydrogen) atoms. The Kier molecular flexibility index (Phi) is 8.82. The van der Waals surface area contributed by atoms with Gasteiger partial charge in [-0.2, -0.15) is 22.0 Å². The van der Waals surface area contributed by atoms with Gasteiger partial charge in [0.15, 0.2) is 14.1 Å². The van der Waals surface area contributed by atoms with Crippen molar-refractivity contribution >= 4 is 8.32 Å². The summed E-state index contributed by atoms with van der Waals surface area (Å²) in [6, 6.07) is 7.73. The smallest absolute Gasteiger partial charge is 0.413 e. The van der Waals surface area contributed by atoms with Gasteiger partial charge >= 0.3 is 12.1 Å². The van der Waals surface area contributed by atoms with Gasteiger partial charge in [-0.25, -0.2) is 0 Å². The second-order valence-electron chi connectivity index (χ2n) is 18.5. The summed E-state index contributed by atoms with van der Waals surface area (Å²) < 4.78 is 91.9. The van der Waals surface area contributed by atoms with Crippen LogP contribution >= 0.6 is 0 Å². The molecule has 0 aromatic heterocycles. The second-order valence-corrected chi connectivity index (χ2v) is 23.3. The number of rotatable bonds is 5. The van der Waals surface area contributed by atoms with Gasteiger partial charge in [0.1, 0.15) is 5.60 Å². The molecule has 1 aromatic rings. The van der Waals surface area contributed by atoms with Gasteiger partial charge in [-0.15, -0.1) is 0 Å². The molecule has 11 heteroatoms. The summed E-state index contributed by atoms with van der Waals surface area (Å²) in [6.45, 7) is 17.8. The van der Waals surface area contributed by atoms with Crippen molar-refractivity contribution in [3.63, 3.8) is 0 Å². The van der Waals surface area contributed by atoms with Crippen LogP contribution in [0.25, 0.3) is 0 Å². The Hall–Kier alpha value is -1.37. The number of aliphatic hydroxyl groups is 2. The number of allylic oxidation sites excluding steroid dienone is 1. The van der Waals surface area contributed by atoms with E-state index in [0.717, 1.165) is 22.3 Å². The largest absolute Gasteiger partial charge is 0.456 e. The Bertz CT molecular complexity index is 1460. The summed E-state index contributed by atoms with van der Waals surface area (Å²) in [4.78, 5) is 0. The lowest BCUT2D eigenvalue weighted by Gasteiger charge is -2.59. The quantitative estimate of drug-likeness (QED) is 0.181. The standard InChI is InChI=1S/C38H55F5O5Si/c1-31(2,3)49(7,8)48-20-24-9-11-25(12-10-24)27-19-33(6)28(15-18-36(33,45)37(39,40)38(41,42)43)26-13-16-34(44)21-35(17-14-29(34)30(26)27)46-22-32(4,5)23-47-35/h9-12,26-28,44-45H,13-23H2,1-8H3/t26-,27+,28-,33-,34+,36-/m0/s1. The van der Waals surface area contributed by atoms with Crippen molar-refractivity contribution in [2.45, 2.75) is 153 Å². The highest BCUT2D eigenvalue weighted by molar-refractivity contribution is 6.74. The molecule has 1 spiro atoms. The average molecular weight is 715 g/mol. The Morgan fingerprint density at radius 3 is 2.08 bits per heavy atom. The van der Waals surface area contributed by atoms with Crippen molar-refractivity contribution in [1.82, 2.24) is 0 Å². The SMILES string of the molecule is CC1(C)COC2(CCC3=C4[C@@H](CC[C@@]3(O)C2)[C@@H]2CC[C@@](O)(C(F)(F)C(F)(F)F)[C@@]2(C)C[C@@H]4c2ccc(CO[Si](C)(C)C(C)(C)C)cc2)OC1. The molecule has 276 valence electrons. The molecule has 0 amide bonds. The Balaban J connectivity index is 1.40. The zero-order valence-electron chi connectivity index (χ0n) is 30.3. The average Bonchev–Trinajstić information content (AvgIpc) is 3.27. The highest BCUT2D eigenvalue weighted by atomic mass is 28.4. The van der Waals surface area contributed by atoms with E-state index in [1.54, 1.807) is 0 Å². The molecule has 2 N–H and O–H groups in total. The minimum Gasteiger partial charge on any atom is -0.413 e. The molecule has 4 fully saturated rings. The van der Waals surface area contributed by atoms with Gasteiger partial charge in [-0.1, -0.05) is 71.4 Å². The minimum absolute atomic E-state index is 0.0285. The molecule has 1 aliphatic heterocycles. The van der Waals surface area contributed by atoms with Gasteiger partial charge in [0, 0.05) is 29.6 Å². The molecule has 1 saturated heterocycles. The molecule has 4 aliphatic carbocycles. The monoisotopic (exact) mass is 714 g/mol.